The zero-order valence-corrected chi connectivity index (χ0v) is 20.9. The van der Waals surface area contributed by atoms with Crippen LogP contribution in [0, 0.1) is 30.6 Å². The van der Waals surface area contributed by atoms with E-state index in [2.05, 4.69) is 55.3 Å². The van der Waals surface area contributed by atoms with Crippen LogP contribution < -0.4 is 0 Å². The lowest BCUT2D eigenvalue weighted by atomic mass is 9.88. The first-order chi connectivity index (χ1) is 15.7. The van der Waals surface area contributed by atoms with Gasteiger partial charge in [0.1, 0.15) is 5.78 Å². The quantitative estimate of drug-likeness (QED) is 0.143. The van der Waals surface area contributed by atoms with Gasteiger partial charge in [0.05, 0.1) is 0 Å². The van der Waals surface area contributed by atoms with Gasteiger partial charge in [0.15, 0.2) is 0 Å². The first kappa shape index (κ1) is 28.2. The molecule has 1 nitrogen and oxygen atoms in total. The van der Waals surface area contributed by atoms with Crippen LogP contribution in [0.4, 0.5) is 0 Å². The molecule has 1 aromatic rings. The molecule has 1 aliphatic rings. The maximum Gasteiger partial charge on any atom is 0.135 e. The van der Waals surface area contributed by atoms with E-state index in [-0.39, 0.29) is 5.92 Å². The molecule has 0 radical (unpaired) electrons. The number of allylic oxidation sites excluding steroid dienone is 2. The Morgan fingerprint density at radius 2 is 1.56 bits per heavy atom. The molecule has 0 saturated heterocycles. The molecule has 32 heavy (non-hydrogen) atoms. The lowest BCUT2D eigenvalue weighted by molar-refractivity contribution is -0.121. The van der Waals surface area contributed by atoms with Crippen molar-refractivity contribution in [3.8, 4) is 12.8 Å². The fraction of sp³-hybridized carbons (Fsp3) is 0.645. The van der Waals surface area contributed by atoms with Gasteiger partial charge in [0.25, 0.3) is 0 Å². The molecule has 2 atom stereocenters. The van der Waals surface area contributed by atoms with E-state index in [1.807, 2.05) is 13.8 Å². The van der Waals surface area contributed by atoms with Crippen molar-refractivity contribution in [1.82, 2.24) is 0 Å². The minimum Gasteiger partial charge on any atom is -0.299 e. The summed E-state index contributed by atoms with van der Waals surface area (Å²) < 4.78 is 0. The van der Waals surface area contributed by atoms with Crippen molar-refractivity contribution in [2.24, 2.45) is 17.8 Å². The molecule has 178 valence electrons. The van der Waals surface area contributed by atoms with Gasteiger partial charge in [-0.25, -0.2) is 0 Å². The molecule has 0 amide bonds. The van der Waals surface area contributed by atoms with Gasteiger partial charge in [-0.15, -0.1) is 12.8 Å². The molecule has 1 fully saturated rings. The monoisotopic (exact) mass is 436 g/mol. The molecule has 0 spiro atoms. The summed E-state index contributed by atoms with van der Waals surface area (Å²) in [5.41, 5.74) is 1.49. The Morgan fingerprint density at radius 1 is 0.906 bits per heavy atom. The van der Waals surface area contributed by atoms with Crippen LogP contribution in [0.15, 0.2) is 42.5 Å². The largest absolute Gasteiger partial charge is 0.299 e. The van der Waals surface area contributed by atoms with E-state index in [0.717, 1.165) is 31.1 Å². The molecule has 0 aliphatic heterocycles. The standard InChI is InChI=1S/C29H46O.C2H2/c1-25(2)29(30)24-15-8-7-14-21-28-23-16-22-27(28)20-13-6-4-3-5-10-17-26-18-11-9-12-19-26;1-2/h7,9,11-12,14,18-19,25,27-28H,3-6,8,10,13,15-17,20-24H2,1-2H3;1-2H/b14-7-;. The predicted molar refractivity (Wildman–Crippen MR) is 141 cm³/mol. The van der Waals surface area contributed by atoms with E-state index in [0.29, 0.717) is 5.78 Å². The van der Waals surface area contributed by atoms with Gasteiger partial charge in [-0.05, 0) is 55.9 Å². The van der Waals surface area contributed by atoms with E-state index in [1.54, 1.807) is 0 Å². The topological polar surface area (TPSA) is 17.1 Å². The molecule has 0 bridgehead atoms. The van der Waals surface area contributed by atoms with Crippen LogP contribution in [0.5, 0.6) is 0 Å². The second-order valence-electron chi connectivity index (χ2n) is 9.82. The SMILES string of the molecule is C#C.CC(C)C(=O)CCC/C=C\CC1CCCC1CCCCCCCCc1ccccc1. The molecular formula is C31H48O. The van der Waals surface area contributed by atoms with Crippen molar-refractivity contribution in [2.75, 3.05) is 0 Å². The van der Waals surface area contributed by atoms with E-state index >= 15 is 0 Å². The van der Waals surface area contributed by atoms with Gasteiger partial charge in [-0.2, -0.15) is 0 Å². The number of unbranched alkanes of at least 4 members (excludes halogenated alkanes) is 6. The number of Topliss-reactive ketones (excluding diaryl/α,β-unsaturated/α-hetero) is 1. The third kappa shape index (κ3) is 12.9. The Bertz CT molecular complexity index is 624. The number of hydrogen-bond acceptors (Lipinski definition) is 1. The number of ketones is 1. The second kappa shape index (κ2) is 18.7. The molecule has 1 aromatic carbocycles. The van der Waals surface area contributed by atoms with Crippen LogP contribution in [0.1, 0.15) is 109 Å². The lowest BCUT2D eigenvalue weighted by Gasteiger charge is -2.18. The Hall–Kier alpha value is -1.81. The molecule has 1 saturated carbocycles. The molecule has 1 heteroatoms. The normalized spacial score (nSPS) is 18.0. The predicted octanol–water partition coefficient (Wildman–Crippen LogP) is 8.97. The summed E-state index contributed by atoms with van der Waals surface area (Å²) >= 11 is 0. The van der Waals surface area contributed by atoms with Crippen LogP contribution in [0.3, 0.4) is 0 Å². The molecule has 1 aliphatic carbocycles. The molecule has 0 heterocycles. The summed E-state index contributed by atoms with van der Waals surface area (Å²) in [6.45, 7) is 4.01. The summed E-state index contributed by atoms with van der Waals surface area (Å²) in [5, 5.41) is 0. The summed E-state index contributed by atoms with van der Waals surface area (Å²) in [7, 11) is 0. The van der Waals surface area contributed by atoms with Crippen molar-refractivity contribution >= 4 is 5.78 Å². The molecule has 2 rings (SSSR count). The van der Waals surface area contributed by atoms with Crippen LogP contribution in [0.2, 0.25) is 0 Å². The summed E-state index contributed by atoms with van der Waals surface area (Å²) in [4.78, 5) is 11.7. The molecule has 0 aromatic heterocycles. The Morgan fingerprint density at radius 3 is 2.28 bits per heavy atom. The van der Waals surface area contributed by atoms with Gasteiger partial charge < -0.3 is 0 Å². The van der Waals surface area contributed by atoms with Gasteiger partial charge in [-0.1, -0.05) is 108 Å². The van der Waals surface area contributed by atoms with E-state index in [9.17, 15) is 4.79 Å². The highest BCUT2D eigenvalue weighted by Crippen LogP contribution is 2.37. The third-order valence-electron chi connectivity index (χ3n) is 6.99. The fourth-order valence-electron chi connectivity index (χ4n) is 4.96. The molecule has 0 N–H and O–H groups in total. The van der Waals surface area contributed by atoms with Crippen molar-refractivity contribution in [2.45, 2.75) is 110 Å². The van der Waals surface area contributed by atoms with Crippen molar-refractivity contribution < 1.29 is 4.79 Å². The van der Waals surface area contributed by atoms with Crippen LogP contribution in [-0.2, 0) is 11.2 Å². The van der Waals surface area contributed by atoms with Gasteiger partial charge in [0, 0.05) is 12.3 Å². The Kier molecular flexibility index (Phi) is 16.5. The van der Waals surface area contributed by atoms with Crippen LogP contribution in [-0.4, -0.2) is 5.78 Å². The minimum atomic E-state index is 0.197. The Labute approximate surface area is 199 Å². The summed E-state index contributed by atoms with van der Waals surface area (Å²) in [5.74, 6) is 2.50. The summed E-state index contributed by atoms with van der Waals surface area (Å²) in [6.07, 6.45) is 32.3. The average molecular weight is 437 g/mol. The lowest BCUT2D eigenvalue weighted by Crippen LogP contribution is -2.07. The van der Waals surface area contributed by atoms with Crippen molar-refractivity contribution in [3.05, 3.63) is 48.0 Å². The first-order valence-electron chi connectivity index (χ1n) is 13.2. The zero-order chi connectivity index (χ0) is 23.4. The van der Waals surface area contributed by atoms with Crippen LogP contribution >= 0.6 is 0 Å². The maximum absolute atomic E-state index is 11.7. The maximum atomic E-state index is 11.7. The number of benzene rings is 1. The Balaban J connectivity index is 0.00000249. The highest BCUT2D eigenvalue weighted by molar-refractivity contribution is 5.80. The number of carbonyl (C=O) groups excluding carboxylic acids is 1. The highest BCUT2D eigenvalue weighted by Gasteiger charge is 2.25. The van der Waals surface area contributed by atoms with Crippen molar-refractivity contribution in [1.29, 1.82) is 0 Å². The van der Waals surface area contributed by atoms with Crippen LogP contribution in [0.25, 0.3) is 0 Å². The summed E-state index contributed by atoms with van der Waals surface area (Å²) in [6, 6.07) is 10.9. The smallest absolute Gasteiger partial charge is 0.135 e. The number of terminal acetylenes is 1. The number of rotatable bonds is 16. The van der Waals surface area contributed by atoms with Gasteiger partial charge in [-0.3, -0.25) is 4.79 Å². The van der Waals surface area contributed by atoms with E-state index in [4.69, 9.17) is 0 Å². The van der Waals surface area contributed by atoms with Gasteiger partial charge >= 0.3 is 0 Å². The van der Waals surface area contributed by atoms with E-state index < -0.39 is 0 Å². The molecule has 2 unspecified atom stereocenters. The minimum absolute atomic E-state index is 0.197. The number of aryl methyl sites for hydroxylation is 1. The van der Waals surface area contributed by atoms with E-state index in [1.165, 1.54) is 82.6 Å². The zero-order valence-electron chi connectivity index (χ0n) is 20.9. The van der Waals surface area contributed by atoms with Crippen molar-refractivity contribution in [3.63, 3.8) is 0 Å². The highest BCUT2D eigenvalue weighted by atomic mass is 16.1. The third-order valence-corrected chi connectivity index (χ3v) is 6.99. The van der Waals surface area contributed by atoms with Gasteiger partial charge in [0.2, 0.25) is 0 Å². The average Bonchev–Trinajstić information content (AvgIpc) is 3.26. The molecular weight excluding hydrogens is 388 g/mol. The number of carbonyl (C=O) groups is 1. The second-order valence-corrected chi connectivity index (χ2v) is 9.82. The first-order valence-corrected chi connectivity index (χ1v) is 13.2. The fourth-order valence-corrected chi connectivity index (χ4v) is 4.96. The number of hydrogen-bond donors (Lipinski definition) is 0.